The van der Waals surface area contributed by atoms with Crippen LogP contribution in [0.25, 0.3) is 0 Å². The molecular formula is C27H55NO6S. The molecule has 0 aliphatic carbocycles. The monoisotopic (exact) mass is 521 g/mol. The van der Waals surface area contributed by atoms with Gasteiger partial charge in [-0.05, 0) is 55.3 Å². The number of hydrogen-bond donors (Lipinski definition) is 2. The molecule has 0 fully saturated rings. The van der Waals surface area contributed by atoms with Crippen molar-refractivity contribution in [2.45, 2.75) is 135 Å². The summed E-state index contributed by atoms with van der Waals surface area (Å²) >= 11 is 2.12. The van der Waals surface area contributed by atoms with Crippen molar-refractivity contribution >= 4 is 17.9 Å². The van der Waals surface area contributed by atoms with E-state index in [1.807, 2.05) is 0 Å². The Morgan fingerprint density at radius 2 is 1.11 bits per heavy atom. The summed E-state index contributed by atoms with van der Waals surface area (Å²) in [6.45, 7) is 4.84. The molecule has 0 aliphatic rings. The van der Waals surface area contributed by atoms with Crippen LogP contribution in [0.5, 0.6) is 0 Å². The Balaban J connectivity index is 3.01. The maximum absolute atomic E-state index is 9.97. The van der Waals surface area contributed by atoms with Crippen LogP contribution in [-0.2, 0) is 19.9 Å². The minimum Gasteiger partial charge on any atom is -0.448 e. The van der Waals surface area contributed by atoms with Crippen molar-refractivity contribution in [1.82, 2.24) is 5.32 Å². The summed E-state index contributed by atoms with van der Waals surface area (Å²) in [4.78, 5) is 18.2. The fourth-order valence-corrected chi connectivity index (χ4v) is 4.92. The molecule has 0 aromatic carbocycles. The zero-order valence-electron chi connectivity index (χ0n) is 22.6. The lowest BCUT2D eigenvalue weighted by Gasteiger charge is -2.06. The van der Waals surface area contributed by atoms with E-state index < -0.39 is 6.16 Å². The Morgan fingerprint density at radius 1 is 0.629 bits per heavy atom. The number of nitrogens with one attached hydrogen (secondary N) is 1. The van der Waals surface area contributed by atoms with E-state index in [2.05, 4.69) is 43.9 Å². The van der Waals surface area contributed by atoms with Crippen molar-refractivity contribution in [1.29, 1.82) is 0 Å². The van der Waals surface area contributed by atoms with E-state index in [1.165, 1.54) is 121 Å². The number of carboxylic acid groups (broad SMARTS) is 1. The average Bonchev–Trinajstić information content (AvgIpc) is 2.85. The molecule has 0 bridgehead atoms. The Hall–Kier alpha value is -0.540. The van der Waals surface area contributed by atoms with Gasteiger partial charge in [-0.3, -0.25) is 0 Å². The van der Waals surface area contributed by atoms with Gasteiger partial charge in [0.15, 0.2) is 0 Å². The maximum atomic E-state index is 9.97. The molecule has 0 aliphatic heterocycles. The molecule has 210 valence electrons. The summed E-state index contributed by atoms with van der Waals surface area (Å²) in [5, 5.41) is 19.6. The van der Waals surface area contributed by atoms with E-state index in [4.69, 9.17) is 5.11 Å². The summed E-state index contributed by atoms with van der Waals surface area (Å²) in [6, 6.07) is 0. The number of hydrogen-bond acceptors (Lipinski definition) is 7. The van der Waals surface area contributed by atoms with Gasteiger partial charge in [0.2, 0.25) is 0 Å². The van der Waals surface area contributed by atoms with Gasteiger partial charge in [0, 0.05) is 5.04 Å². The summed E-state index contributed by atoms with van der Waals surface area (Å²) < 4.78 is 0. The average molecular weight is 522 g/mol. The van der Waals surface area contributed by atoms with Crippen LogP contribution in [0.2, 0.25) is 0 Å². The van der Waals surface area contributed by atoms with Crippen molar-refractivity contribution in [3.8, 4) is 0 Å². The lowest BCUT2D eigenvalue weighted by molar-refractivity contribution is -0.618. The molecule has 0 rings (SSSR count). The van der Waals surface area contributed by atoms with E-state index >= 15 is 0 Å². The van der Waals surface area contributed by atoms with Gasteiger partial charge < -0.3 is 10.4 Å². The van der Waals surface area contributed by atoms with Crippen LogP contribution < -0.4 is 5.32 Å². The molecule has 0 aromatic rings. The van der Waals surface area contributed by atoms with Crippen molar-refractivity contribution in [2.75, 3.05) is 31.2 Å². The molecule has 35 heavy (non-hydrogen) atoms. The van der Waals surface area contributed by atoms with Gasteiger partial charge in [0.25, 0.3) is 0 Å². The predicted molar refractivity (Wildman–Crippen MR) is 145 cm³/mol. The fraction of sp³-hybridized carbons (Fsp3) is 0.963. The van der Waals surface area contributed by atoms with Gasteiger partial charge in [-0.1, -0.05) is 110 Å². The third-order valence-corrected chi connectivity index (χ3v) is 7.20. The molecule has 8 heteroatoms. The smallest absolute Gasteiger partial charge is 0.448 e. The molecule has 0 aromatic heterocycles. The largest absolute Gasteiger partial charge is 0.540 e. The second-order valence-electron chi connectivity index (χ2n) is 9.39. The molecule has 0 heterocycles. The van der Waals surface area contributed by atoms with Gasteiger partial charge in [0.05, 0.1) is 6.61 Å². The Morgan fingerprint density at radius 3 is 1.71 bits per heavy atom. The lowest BCUT2D eigenvalue weighted by atomic mass is 10.0. The third kappa shape index (κ3) is 33.5. The first kappa shape index (κ1) is 34.5. The maximum Gasteiger partial charge on any atom is 0.540 e. The molecule has 0 unspecified atom stereocenters. The van der Waals surface area contributed by atoms with Gasteiger partial charge in [-0.15, -0.1) is 0 Å². The van der Waals surface area contributed by atoms with Crippen molar-refractivity contribution < 1.29 is 29.8 Å². The zero-order valence-corrected chi connectivity index (χ0v) is 23.4. The Bertz CT molecular complexity index is 417. The standard InChI is InChI=1S/C27H55NO6S/c1-2-3-4-5-6-7-8-9-10-11-12-13-17-20-25-35-26-21-23-28-22-18-15-14-16-19-24-31-33-34-32-27(29)30/h28H,2-26H2,1H3,(H,29,30). The van der Waals surface area contributed by atoms with Crippen LogP contribution in [0.15, 0.2) is 0 Å². The molecule has 0 radical (unpaired) electrons. The van der Waals surface area contributed by atoms with Crippen LogP contribution >= 0.6 is 11.8 Å². The molecule has 2 N–H and O–H groups in total. The van der Waals surface area contributed by atoms with Crippen LogP contribution in [0.3, 0.4) is 0 Å². The number of thioether (sulfide) groups is 1. The number of unbranched alkanes of at least 4 members (excludes halogenated alkanes) is 17. The highest BCUT2D eigenvalue weighted by molar-refractivity contribution is 7.99. The highest BCUT2D eigenvalue weighted by atomic mass is 32.2. The molecule has 7 nitrogen and oxygen atoms in total. The van der Waals surface area contributed by atoms with Gasteiger partial charge in [-0.2, -0.15) is 11.8 Å². The second kappa shape index (κ2) is 31.5. The number of rotatable bonds is 30. The van der Waals surface area contributed by atoms with Gasteiger partial charge in [0.1, 0.15) is 0 Å². The van der Waals surface area contributed by atoms with Gasteiger partial charge in [-0.25, -0.2) is 14.6 Å². The third-order valence-electron chi connectivity index (χ3n) is 6.05. The summed E-state index contributed by atoms with van der Waals surface area (Å²) in [5.41, 5.74) is 0. The summed E-state index contributed by atoms with van der Waals surface area (Å²) in [6.07, 6.45) is 25.1. The van der Waals surface area contributed by atoms with E-state index in [0.717, 1.165) is 32.4 Å². The Kier molecular flexibility index (Phi) is 31.0. The number of carbonyl (C=O) groups is 1. The second-order valence-corrected chi connectivity index (χ2v) is 10.6. The van der Waals surface area contributed by atoms with Crippen molar-refractivity contribution in [3.63, 3.8) is 0 Å². The Labute approximate surface area is 219 Å². The lowest BCUT2D eigenvalue weighted by Crippen LogP contribution is -2.17. The first-order valence-corrected chi connectivity index (χ1v) is 15.6. The summed E-state index contributed by atoms with van der Waals surface area (Å²) in [7, 11) is 0. The minimum atomic E-state index is -1.58. The molecule has 0 amide bonds. The van der Waals surface area contributed by atoms with E-state index in [0.29, 0.717) is 6.61 Å². The molecule has 0 atom stereocenters. The van der Waals surface area contributed by atoms with Crippen molar-refractivity contribution in [3.05, 3.63) is 0 Å². The zero-order chi connectivity index (χ0) is 25.5. The van der Waals surface area contributed by atoms with Crippen LogP contribution in [0, 0.1) is 0 Å². The normalized spacial score (nSPS) is 11.2. The summed E-state index contributed by atoms with van der Waals surface area (Å²) in [5.74, 6) is 2.60. The molecule has 0 saturated carbocycles. The highest BCUT2D eigenvalue weighted by Gasteiger charge is 1.99. The van der Waals surface area contributed by atoms with E-state index in [1.54, 1.807) is 0 Å². The van der Waals surface area contributed by atoms with E-state index in [9.17, 15) is 4.79 Å². The van der Waals surface area contributed by atoms with Crippen LogP contribution in [-0.4, -0.2) is 42.5 Å². The minimum absolute atomic E-state index is 0.345. The van der Waals surface area contributed by atoms with Crippen LogP contribution in [0.1, 0.15) is 135 Å². The van der Waals surface area contributed by atoms with Crippen LogP contribution in [0.4, 0.5) is 4.79 Å². The molecule has 0 spiro atoms. The topological polar surface area (TPSA) is 86.3 Å². The molecular weight excluding hydrogens is 466 g/mol. The fourth-order valence-electron chi connectivity index (χ4n) is 3.96. The molecule has 0 saturated heterocycles. The first-order valence-electron chi connectivity index (χ1n) is 14.4. The van der Waals surface area contributed by atoms with Gasteiger partial charge >= 0.3 is 6.16 Å². The van der Waals surface area contributed by atoms with E-state index in [-0.39, 0.29) is 0 Å². The first-order chi connectivity index (χ1) is 17.3. The quantitative estimate of drug-likeness (QED) is 0.0552. The highest BCUT2D eigenvalue weighted by Crippen LogP contribution is 2.14. The predicted octanol–water partition coefficient (Wildman–Crippen LogP) is 8.62. The van der Waals surface area contributed by atoms with Crippen molar-refractivity contribution in [2.24, 2.45) is 0 Å². The SMILES string of the molecule is CCCCCCCCCCCCCCCCSCCCNCCCCCCCOOOOC(=O)O.